The fourth-order valence-corrected chi connectivity index (χ4v) is 3.01. The molecule has 0 aliphatic heterocycles. The number of hydrogen-bond acceptors (Lipinski definition) is 3. The summed E-state index contributed by atoms with van der Waals surface area (Å²) in [4.78, 5) is 19.7. The van der Waals surface area contributed by atoms with E-state index >= 15 is 0 Å². The van der Waals surface area contributed by atoms with Crippen LogP contribution in [0.2, 0.25) is 5.15 Å². The van der Waals surface area contributed by atoms with Gasteiger partial charge in [0.25, 0.3) is 0 Å². The van der Waals surface area contributed by atoms with Gasteiger partial charge in [0.1, 0.15) is 11.0 Å². The number of benzene rings is 1. The van der Waals surface area contributed by atoms with E-state index in [0.717, 1.165) is 47.5 Å². The first-order valence-electron chi connectivity index (χ1n) is 8.71. The Morgan fingerprint density at radius 1 is 1.38 bits per heavy atom. The molecule has 2 N–H and O–H groups in total. The number of carbonyl (C=O) groups is 1. The zero-order valence-corrected chi connectivity index (χ0v) is 15.7. The van der Waals surface area contributed by atoms with Crippen LogP contribution in [0.3, 0.4) is 0 Å². The maximum absolute atomic E-state index is 12.1. The minimum absolute atomic E-state index is 0.206. The predicted molar refractivity (Wildman–Crippen MR) is 104 cm³/mol. The molecule has 0 bridgehead atoms. The lowest BCUT2D eigenvalue weighted by molar-refractivity contribution is -0.116. The molecule has 0 radical (unpaired) electrons. The number of aryl methyl sites for hydroxylation is 2. The van der Waals surface area contributed by atoms with E-state index < -0.39 is 0 Å². The summed E-state index contributed by atoms with van der Waals surface area (Å²) in [6.07, 6.45) is 5.27. The van der Waals surface area contributed by atoms with Crippen LogP contribution in [0.15, 0.2) is 30.3 Å². The number of aromatic amines is 1. The van der Waals surface area contributed by atoms with Gasteiger partial charge in [-0.25, -0.2) is 4.98 Å². The van der Waals surface area contributed by atoms with E-state index in [0.29, 0.717) is 11.7 Å². The number of fused-ring (bicyclic) bond motifs is 1. The number of aromatic nitrogens is 4. The van der Waals surface area contributed by atoms with Gasteiger partial charge in [0.05, 0.1) is 23.3 Å². The molecule has 0 saturated heterocycles. The van der Waals surface area contributed by atoms with Crippen molar-refractivity contribution in [2.75, 3.05) is 0 Å². The molecule has 0 atom stereocenters. The smallest absolute Gasteiger partial charge is 0.244 e. The number of imidazole rings is 1. The van der Waals surface area contributed by atoms with Crippen LogP contribution in [0.5, 0.6) is 0 Å². The maximum Gasteiger partial charge on any atom is 0.244 e. The second-order valence-electron chi connectivity index (χ2n) is 6.12. The van der Waals surface area contributed by atoms with Crippen molar-refractivity contribution < 1.29 is 4.79 Å². The van der Waals surface area contributed by atoms with Crippen LogP contribution in [-0.2, 0) is 17.9 Å². The summed E-state index contributed by atoms with van der Waals surface area (Å²) in [5.41, 5.74) is 3.43. The molecule has 0 fully saturated rings. The fraction of sp³-hybridized carbons (Fsp3) is 0.316. The number of nitrogens with zero attached hydrogens (tertiary/aromatic N) is 3. The third-order valence-electron chi connectivity index (χ3n) is 4.10. The number of unbranched alkanes of at least 4 members (excludes halogenated alkanes) is 1. The third-order valence-corrected chi connectivity index (χ3v) is 4.50. The van der Waals surface area contributed by atoms with E-state index in [-0.39, 0.29) is 5.91 Å². The van der Waals surface area contributed by atoms with Gasteiger partial charge in [-0.3, -0.25) is 9.48 Å². The van der Waals surface area contributed by atoms with Crippen LogP contribution in [0.4, 0.5) is 0 Å². The number of carbonyl (C=O) groups excluding carboxylic acids is 1. The van der Waals surface area contributed by atoms with Gasteiger partial charge in [0.2, 0.25) is 5.91 Å². The Kier molecular flexibility index (Phi) is 5.73. The zero-order chi connectivity index (χ0) is 18.5. The van der Waals surface area contributed by atoms with Crippen LogP contribution < -0.4 is 5.32 Å². The molecule has 0 aliphatic rings. The van der Waals surface area contributed by atoms with Crippen molar-refractivity contribution >= 4 is 34.6 Å². The predicted octanol–water partition coefficient (Wildman–Crippen LogP) is 3.85. The topological polar surface area (TPSA) is 75.6 Å². The van der Waals surface area contributed by atoms with Gasteiger partial charge < -0.3 is 10.3 Å². The minimum atomic E-state index is -0.206. The molecule has 26 heavy (non-hydrogen) atoms. The van der Waals surface area contributed by atoms with Crippen molar-refractivity contribution in [2.45, 2.75) is 39.8 Å². The van der Waals surface area contributed by atoms with Crippen LogP contribution in [0.25, 0.3) is 17.1 Å². The lowest BCUT2D eigenvalue weighted by Crippen LogP contribution is -2.20. The van der Waals surface area contributed by atoms with E-state index in [2.05, 4.69) is 27.3 Å². The van der Waals surface area contributed by atoms with Gasteiger partial charge in [0.15, 0.2) is 0 Å². The van der Waals surface area contributed by atoms with Crippen LogP contribution in [0.1, 0.15) is 36.8 Å². The van der Waals surface area contributed by atoms with Crippen molar-refractivity contribution in [1.29, 1.82) is 0 Å². The summed E-state index contributed by atoms with van der Waals surface area (Å²) in [7, 11) is 0. The first-order chi connectivity index (χ1) is 12.6. The Balaban J connectivity index is 1.61. The summed E-state index contributed by atoms with van der Waals surface area (Å²) in [5.74, 6) is 0.511. The van der Waals surface area contributed by atoms with Crippen molar-refractivity contribution in [2.24, 2.45) is 0 Å². The van der Waals surface area contributed by atoms with Crippen LogP contribution in [0, 0.1) is 6.92 Å². The Labute approximate surface area is 157 Å². The first kappa shape index (κ1) is 18.2. The molecular formula is C19H22ClN5O. The first-order valence-corrected chi connectivity index (χ1v) is 9.08. The highest BCUT2D eigenvalue weighted by Gasteiger charge is 2.11. The van der Waals surface area contributed by atoms with Crippen molar-refractivity contribution in [3.05, 3.63) is 52.6 Å². The number of hydrogen-bond donors (Lipinski definition) is 2. The van der Waals surface area contributed by atoms with Gasteiger partial charge in [0, 0.05) is 18.2 Å². The molecular weight excluding hydrogens is 350 g/mol. The number of rotatable bonds is 7. The molecule has 3 aromatic rings. The van der Waals surface area contributed by atoms with E-state index in [1.165, 1.54) is 6.08 Å². The molecule has 7 heteroatoms. The number of para-hydroxylation sites is 2. The molecule has 2 aromatic heterocycles. The number of amides is 1. The summed E-state index contributed by atoms with van der Waals surface area (Å²) in [6.45, 7) is 5.13. The standard InChI is InChI=1S/C19H22ClN5O/c1-3-4-11-25-19(20)14(13(2)24-25)9-10-18(26)21-12-17-22-15-7-5-6-8-16(15)23-17/h5-10H,3-4,11-12H2,1-2H3,(H,21,26)(H,22,23). The summed E-state index contributed by atoms with van der Waals surface area (Å²) >= 11 is 6.37. The van der Waals surface area contributed by atoms with E-state index in [9.17, 15) is 4.79 Å². The largest absolute Gasteiger partial charge is 0.345 e. The average molecular weight is 372 g/mol. The Morgan fingerprint density at radius 3 is 2.96 bits per heavy atom. The minimum Gasteiger partial charge on any atom is -0.345 e. The van der Waals surface area contributed by atoms with Gasteiger partial charge in [-0.1, -0.05) is 37.1 Å². The average Bonchev–Trinajstić information content (AvgIpc) is 3.17. The lowest BCUT2D eigenvalue weighted by Gasteiger charge is -2.01. The van der Waals surface area contributed by atoms with Crippen molar-refractivity contribution in [3.8, 4) is 0 Å². The second-order valence-corrected chi connectivity index (χ2v) is 6.48. The zero-order valence-electron chi connectivity index (χ0n) is 14.9. The fourth-order valence-electron chi connectivity index (χ4n) is 2.69. The highest BCUT2D eigenvalue weighted by atomic mass is 35.5. The highest BCUT2D eigenvalue weighted by molar-refractivity contribution is 6.31. The molecule has 0 aliphatic carbocycles. The molecule has 0 unspecified atom stereocenters. The van der Waals surface area contributed by atoms with Crippen molar-refractivity contribution in [3.63, 3.8) is 0 Å². The molecule has 6 nitrogen and oxygen atoms in total. The monoisotopic (exact) mass is 371 g/mol. The molecule has 2 heterocycles. The number of halogens is 1. The molecule has 0 saturated carbocycles. The maximum atomic E-state index is 12.1. The molecule has 136 valence electrons. The number of H-pyrrole nitrogens is 1. The van der Waals surface area contributed by atoms with Gasteiger partial charge >= 0.3 is 0 Å². The number of nitrogens with one attached hydrogen (secondary N) is 2. The van der Waals surface area contributed by atoms with E-state index in [4.69, 9.17) is 11.6 Å². The van der Waals surface area contributed by atoms with Gasteiger partial charge in [-0.2, -0.15) is 5.10 Å². The highest BCUT2D eigenvalue weighted by Crippen LogP contribution is 2.21. The Hall–Kier alpha value is -2.60. The van der Waals surface area contributed by atoms with Crippen LogP contribution in [-0.4, -0.2) is 25.7 Å². The second kappa shape index (κ2) is 8.19. The molecule has 0 spiro atoms. The van der Waals surface area contributed by atoms with Gasteiger partial charge in [-0.05, 0) is 31.6 Å². The summed E-state index contributed by atoms with van der Waals surface area (Å²) < 4.78 is 1.78. The van der Waals surface area contributed by atoms with E-state index in [1.807, 2.05) is 31.2 Å². The van der Waals surface area contributed by atoms with Crippen molar-refractivity contribution in [1.82, 2.24) is 25.1 Å². The Bertz CT molecular complexity index is 908. The molecule has 3 rings (SSSR count). The summed E-state index contributed by atoms with van der Waals surface area (Å²) in [6, 6.07) is 7.76. The SMILES string of the molecule is CCCCn1nc(C)c(C=CC(=O)NCc2nc3ccccc3[nH]2)c1Cl. The Morgan fingerprint density at radius 2 is 2.19 bits per heavy atom. The lowest BCUT2D eigenvalue weighted by atomic mass is 10.2. The van der Waals surface area contributed by atoms with Gasteiger partial charge in [-0.15, -0.1) is 0 Å². The molecule has 1 aromatic carbocycles. The van der Waals surface area contributed by atoms with E-state index in [1.54, 1.807) is 10.8 Å². The molecule has 1 amide bonds. The normalized spacial score (nSPS) is 11.5. The third kappa shape index (κ3) is 4.14. The van der Waals surface area contributed by atoms with Crippen LogP contribution >= 0.6 is 11.6 Å². The summed E-state index contributed by atoms with van der Waals surface area (Å²) in [5, 5.41) is 7.82. The quantitative estimate of drug-likeness (QED) is 0.619.